The molecular weight excluding hydrogens is 304 g/mol. The molecule has 1 saturated heterocycles. The molecule has 0 aromatic heterocycles. The molecule has 1 heterocycles. The second-order valence-corrected chi connectivity index (χ2v) is 7.74. The van der Waals surface area contributed by atoms with Crippen molar-refractivity contribution >= 4 is 23.7 Å². The summed E-state index contributed by atoms with van der Waals surface area (Å²) in [6.07, 6.45) is 2.53. The summed E-state index contributed by atoms with van der Waals surface area (Å²) >= 11 is 1.33. The Morgan fingerprint density at radius 2 is 1.95 bits per heavy atom. The number of carbonyl (C=O) groups excluding carboxylic acids is 2. The van der Waals surface area contributed by atoms with Gasteiger partial charge in [0.25, 0.3) is 0 Å². The van der Waals surface area contributed by atoms with Crippen molar-refractivity contribution in [2.24, 2.45) is 17.8 Å². The average Bonchev–Trinajstić information content (AvgIpc) is 2.86. The molecule has 6 heteroatoms. The largest absolute Gasteiger partial charge is 0.459 e. The van der Waals surface area contributed by atoms with Gasteiger partial charge in [-0.2, -0.15) is 0 Å². The van der Waals surface area contributed by atoms with E-state index in [-0.39, 0.29) is 12.1 Å². The zero-order chi connectivity index (χ0) is 16.3. The van der Waals surface area contributed by atoms with Crippen LogP contribution in [0.1, 0.15) is 47.0 Å². The molecule has 1 aliphatic carbocycles. The van der Waals surface area contributed by atoms with Gasteiger partial charge in [0.2, 0.25) is 11.7 Å². The van der Waals surface area contributed by atoms with Crippen LogP contribution in [0.25, 0.3) is 0 Å². The van der Waals surface area contributed by atoms with E-state index in [9.17, 15) is 9.59 Å². The van der Waals surface area contributed by atoms with Crippen molar-refractivity contribution in [1.82, 2.24) is 0 Å². The van der Waals surface area contributed by atoms with Gasteiger partial charge in [-0.25, -0.2) is 4.79 Å². The summed E-state index contributed by atoms with van der Waals surface area (Å²) in [6.45, 7) is 7.89. The van der Waals surface area contributed by atoms with E-state index in [1.165, 1.54) is 25.1 Å². The van der Waals surface area contributed by atoms with E-state index in [1.54, 1.807) is 0 Å². The Morgan fingerprint density at radius 1 is 1.23 bits per heavy atom. The molecular formula is C16H26O5S. The molecule has 0 aromatic rings. The van der Waals surface area contributed by atoms with Crippen molar-refractivity contribution in [3.8, 4) is 0 Å². The second kappa shape index (κ2) is 7.68. The van der Waals surface area contributed by atoms with Gasteiger partial charge < -0.3 is 14.2 Å². The second-order valence-electron chi connectivity index (χ2n) is 6.64. The lowest BCUT2D eigenvalue weighted by molar-refractivity contribution is -0.185. The van der Waals surface area contributed by atoms with Gasteiger partial charge in [-0.3, -0.25) is 4.79 Å². The van der Waals surface area contributed by atoms with Crippen LogP contribution in [0.2, 0.25) is 0 Å². The van der Waals surface area contributed by atoms with Crippen molar-refractivity contribution in [1.29, 1.82) is 0 Å². The predicted molar refractivity (Wildman–Crippen MR) is 84.1 cm³/mol. The smallest absolute Gasteiger partial charge is 0.346 e. The molecule has 1 aliphatic heterocycles. The zero-order valence-electron chi connectivity index (χ0n) is 13.7. The molecule has 0 N–H and O–H groups in total. The summed E-state index contributed by atoms with van der Waals surface area (Å²) in [5.41, 5.74) is -0.686. The molecule has 0 amide bonds. The molecule has 22 heavy (non-hydrogen) atoms. The normalized spacial score (nSPS) is 35.4. The van der Waals surface area contributed by atoms with Gasteiger partial charge in [-0.1, -0.05) is 27.2 Å². The van der Waals surface area contributed by atoms with E-state index in [2.05, 4.69) is 20.8 Å². The van der Waals surface area contributed by atoms with Gasteiger partial charge in [-0.05, 0) is 30.6 Å². The summed E-state index contributed by atoms with van der Waals surface area (Å²) in [6, 6.07) is 0. The third-order valence-corrected chi connectivity index (χ3v) is 5.45. The van der Waals surface area contributed by atoms with E-state index in [0.29, 0.717) is 23.5 Å². The molecule has 2 fully saturated rings. The Hall–Kier alpha value is -0.750. The highest BCUT2D eigenvalue weighted by molar-refractivity contribution is 8.00. The highest BCUT2D eigenvalue weighted by Crippen LogP contribution is 2.36. The lowest BCUT2D eigenvalue weighted by Gasteiger charge is -2.37. The maximum atomic E-state index is 12.3. The van der Waals surface area contributed by atoms with Gasteiger partial charge >= 0.3 is 11.9 Å². The van der Waals surface area contributed by atoms with Crippen LogP contribution in [0.4, 0.5) is 0 Å². The minimum Gasteiger partial charge on any atom is -0.459 e. The topological polar surface area (TPSA) is 61.8 Å². The predicted octanol–water partition coefficient (Wildman–Crippen LogP) is 2.97. The highest BCUT2D eigenvalue weighted by Gasteiger charge is 2.39. The van der Waals surface area contributed by atoms with Crippen LogP contribution in [-0.4, -0.2) is 35.5 Å². The molecule has 0 aromatic carbocycles. The van der Waals surface area contributed by atoms with Crippen molar-refractivity contribution in [2.75, 3.05) is 5.75 Å². The molecule has 126 valence electrons. The maximum absolute atomic E-state index is 12.3. The third kappa shape index (κ3) is 4.62. The molecule has 0 radical (unpaired) electrons. The molecule has 3 unspecified atom stereocenters. The summed E-state index contributed by atoms with van der Waals surface area (Å²) in [5, 5.41) is 0. The van der Waals surface area contributed by atoms with Crippen molar-refractivity contribution in [3.05, 3.63) is 0 Å². The van der Waals surface area contributed by atoms with Crippen LogP contribution in [0.5, 0.6) is 0 Å². The number of carbonyl (C=O) groups is 2. The van der Waals surface area contributed by atoms with E-state index in [4.69, 9.17) is 14.2 Å². The van der Waals surface area contributed by atoms with Crippen LogP contribution in [0.15, 0.2) is 0 Å². The summed E-state index contributed by atoms with van der Waals surface area (Å²) < 4.78 is 16.2. The molecule has 2 aliphatic rings. The fourth-order valence-corrected chi connectivity index (χ4v) is 4.08. The first-order valence-electron chi connectivity index (χ1n) is 8.01. The van der Waals surface area contributed by atoms with Crippen molar-refractivity contribution in [3.63, 3.8) is 0 Å². The first-order valence-corrected chi connectivity index (χ1v) is 9.06. The maximum Gasteiger partial charge on any atom is 0.346 e. The van der Waals surface area contributed by atoms with Gasteiger partial charge in [-0.15, -0.1) is 11.8 Å². The minimum absolute atomic E-state index is 0.0341. The molecule has 5 nitrogen and oxygen atoms in total. The number of thioether (sulfide) groups is 1. The summed E-state index contributed by atoms with van der Waals surface area (Å²) in [4.78, 5) is 23.2. The lowest BCUT2D eigenvalue weighted by atomic mass is 9.75. The van der Waals surface area contributed by atoms with E-state index in [1.807, 2.05) is 0 Å². The first-order chi connectivity index (χ1) is 10.4. The van der Waals surface area contributed by atoms with E-state index < -0.39 is 17.7 Å². The fourth-order valence-electron chi connectivity index (χ4n) is 3.21. The monoisotopic (exact) mass is 330 g/mol. The lowest BCUT2D eigenvalue weighted by Crippen LogP contribution is -2.38. The third-order valence-electron chi connectivity index (χ3n) is 4.38. The Labute approximate surface area is 136 Å². The average molecular weight is 330 g/mol. The van der Waals surface area contributed by atoms with Crippen LogP contribution in [-0.2, 0) is 23.8 Å². The number of rotatable bonds is 4. The Bertz CT molecular complexity index is 411. The van der Waals surface area contributed by atoms with Crippen LogP contribution in [0, 0.1) is 17.8 Å². The number of hydrogen-bond acceptors (Lipinski definition) is 6. The minimum atomic E-state index is -0.686. The summed E-state index contributed by atoms with van der Waals surface area (Å²) in [5.74, 6) is 1.21. The molecule has 2 rings (SSSR count). The SMILES string of the molecule is CC(=O)O[C@@H]1CS[C@H](C(=O)OC2CC(C)CCC2C(C)C)O1. The van der Waals surface area contributed by atoms with Gasteiger partial charge in [0.05, 0.1) is 5.75 Å². The first kappa shape index (κ1) is 17.6. The standard InChI is InChI=1S/C16H26O5S/c1-9(2)12-6-5-10(3)7-13(12)20-15(18)16-21-14(8-22-16)19-11(4)17/h9-10,12-14,16H,5-8H2,1-4H3/t10?,12?,13?,14-,16+/m0/s1. The Kier molecular flexibility index (Phi) is 6.15. The number of hydrogen-bond donors (Lipinski definition) is 0. The summed E-state index contributed by atoms with van der Waals surface area (Å²) in [7, 11) is 0. The molecule has 5 atom stereocenters. The quantitative estimate of drug-likeness (QED) is 0.739. The Morgan fingerprint density at radius 3 is 2.59 bits per heavy atom. The number of esters is 2. The fraction of sp³-hybridized carbons (Fsp3) is 0.875. The van der Waals surface area contributed by atoms with Gasteiger partial charge in [0, 0.05) is 6.92 Å². The van der Waals surface area contributed by atoms with Crippen LogP contribution in [0.3, 0.4) is 0 Å². The molecule has 0 spiro atoms. The van der Waals surface area contributed by atoms with Gasteiger partial charge in [0.1, 0.15) is 6.10 Å². The molecule has 0 bridgehead atoms. The Balaban J connectivity index is 1.88. The van der Waals surface area contributed by atoms with Crippen molar-refractivity contribution in [2.45, 2.75) is 64.8 Å². The van der Waals surface area contributed by atoms with E-state index >= 15 is 0 Å². The van der Waals surface area contributed by atoms with Gasteiger partial charge in [0.15, 0.2) is 0 Å². The van der Waals surface area contributed by atoms with E-state index in [0.717, 1.165) is 12.8 Å². The molecule has 1 saturated carbocycles. The number of ether oxygens (including phenoxy) is 3. The van der Waals surface area contributed by atoms with Crippen LogP contribution < -0.4 is 0 Å². The van der Waals surface area contributed by atoms with Crippen LogP contribution >= 0.6 is 11.8 Å². The zero-order valence-corrected chi connectivity index (χ0v) is 14.6. The van der Waals surface area contributed by atoms with Crippen molar-refractivity contribution < 1.29 is 23.8 Å². The highest BCUT2D eigenvalue weighted by atomic mass is 32.2.